The van der Waals surface area contributed by atoms with Gasteiger partial charge in [0.05, 0.1) is 6.61 Å². The van der Waals surface area contributed by atoms with Gasteiger partial charge in [-0.25, -0.2) is 8.78 Å². The van der Waals surface area contributed by atoms with Gasteiger partial charge in [-0.2, -0.15) is 0 Å². The Kier molecular flexibility index (Phi) is 4.07. The smallest absolute Gasteiger partial charge is 0.128 e. The third-order valence-corrected chi connectivity index (χ3v) is 3.06. The highest BCUT2D eigenvalue weighted by atomic mass is 19.1. The van der Waals surface area contributed by atoms with Crippen LogP contribution in [0.15, 0.2) is 18.2 Å². The van der Waals surface area contributed by atoms with Gasteiger partial charge in [-0.3, -0.25) is 0 Å². The highest BCUT2D eigenvalue weighted by molar-refractivity contribution is 5.24. The van der Waals surface area contributed by atoms with E-state index in [0.29, 0.717) is 24.6 Å². The van der Waals surface area contributed by atoms with Crippen molar-refractivity contribution in [2.24, 2.45) is 5.92 Å². The second-order valence-corrected chi connectivity index (χ2v) is 4.43. The first-order chi connectivity index (χ1) is 8.22. The van der Waals surface area contributed by atoms with E-state index in [2.05, 4.69) is 5.32 Å². The first kappa shape index (κ1) is 12.5. The fourth-order valence-electron chi connectivity index (χ4n) is 2.03. The molecule has 94 valence electrons. The first-order valence-corrected chi connectivity index (χ1v) is 5.89. The van der Waals surface area contributed by atoms with E-state index in [1.165, 1.54) is 12.1 Å². The largest absolute Gasteiger partial charge is 0.383 e. The third kappa shape index (κ3) is 3.23. The van der Waals surface area contributed by atoms with Crippen molar-refractivity contribution < 1.29 is 13.5 Å². The maximum absolute atomic E-state index is 13.7. The zero-order chi connectivity index (χ0) is 12.3. The van der Waals surface area contributed by atoms with Crippen molar-refractivity contribution in [2.45, 2.75) is 18.9 Å². The molecule has 1 aromatic rings. The number of halogens is 2. The van der Waals surface area contributed by atoms with Crippen LogP contribution in [0, 0.1) is 17.6 Å². The molecule has 1 saturated carbocycles. The van der Waals surface area contributed by atoms with Gasteiger partial charge in [0.25, 0.3) is 0 Å². The molecule has 1 aliphatic carbocycles. The molecule has 0 bridgehead atoms. The van der Waals surface area contributed by atoms with E-state index in [1.54, 1.807) is 7.11 Å². The van der Waals surface area contributed by atoms with Crippen LogP contribution in [0.4, 0.5) is 8.78 Å². The molecule has 1 fully saturated rings. The molecule has 1 aromatic carbocycles. The van der Waals surface area contributed by atoms with E-state index >= 15 is 0 Å². The molecule has 2 nitrogen and oxygen atoms in total. The Morgan fingerprint density at radius 3 is 2.82 bits per heavy atom. The number of hydrogen-bond acceptors (Lipinski definition) is 2. The summed E-state index contributed by atoms with van der Waals surface area (Å²) >= 11 is 0. The van der Waals surface area contributed by atoms with E-state index in [4.69, 9.17) is 4.74 Å². The predicted molar refractivity (Wildman–Crippen MR) is 61.7 cm³/mol. The van der Waals surface area contributed by atoms with E-state index in [1.807, 2.05) is 0 Å². The molecule has 1 aliphatic rings. The zero-order valence-electron chi connectivity index (χ0n) is 9.88. The Labute approximate surface area is 100.0 Å². The molecule has 0 aliphatic heterocycles. The fourth-order valence-corrected chi connectivity index (χ4v) is 2.03. The summed E-state index contributed by atoms with van der Waals surface area (Å²) in [6.07, 6.45) is 2.14. The summed E-state index contributed by atoms with van der Waals surface area (Å²) in [4.78, 5) is 0. The van der Waals surface area contributed by atoms with Crippen molar-refractivity contribution in [1.29, 1.82) is 0 Å². The van der Waals surface area contributed by atoms with E-state index in [9.17, 15) is 8.78 Å². The monoisotopic (exact) mass is 241 g/mol. The highest BCUT2D eigenvalue weighted by Crippen LogP contribution is 2.41. The van der Waals surface area contributed by atoms with Crippen LogP contribution >= 0.6 is 0 Å². The summed E-state index contributed by atoms with van der Waals surface area (Å²) in [5, 5.41) is 3.24. The van der Waals surface area contributed by atoms with Crippen LogP contribution in [0.5, 0.6) is 0 Å². The van der Waals surface area contributed by atoms with Gasteiger partial charge < -0.3 is 10.1 Å². The molecule has 0 amide bonds. The second kappa shape index (κ2) is 5.56. The van der Waals surface area contributed by atoms with Crippen LogP contribution in [0.3, 0.4) is 0 Å². The van der Waals surface area contributed by atoms with Gasteiger partial charge in [0, 0.05) is 25.3 Å². The third-order valence-electron chi connectivity index (χ3n) is 3.06. The van der Waals surface area contributed by atoms with Gasteiger partial charge in [-0.15, -0.1) is 0 Å². The molecule has 0 heterocycles. The molecular formula is C13H17F2NO. The van der Waals surface area contributed by atoms with Crippen molar-refractivity contribution in [3.8, 4) is 0 Å². The van der Waals surface area contributed by atoms with Crippen molar-refractivity contribution in [3.63, 3.8) is 0 Å². The molecule has 0 saturated heterocycles. The standard InChI is InChI=1S/C13H17F2NO/c1-17-7-6-16-13(9-2-3-9)11-8-10(14)4-5-12(11)15/h4-5,8-9,13,16H,2-3,6-7H2,1H3. The number of hydrogen-bond donors (Lipinski definition) is 1. The molecule has 1 N–H and O–H groups in total. The minimum absolute atomic E-state index is 0.0964. The lowest BCUT2D eigenvalue weighted by molar-refractivity contribution is 0.194. The minimum atomic E-state index is -0.388. The molecule has 17 heavy (non-hydrogen) atoms. The second-order valence-electron chi connectivity index (χ2n) is 4.43. The number of benzene rings is 1. The van der Waals surface area contributed by atoms with Crippen LogP contribution < -0.4 is 5.32 Å². The average molecular weight is 241 g/mol. The van der Waals surface area contributed by atoms with E-state index in [-0.39, 0.29) is 17.7 Å². The lowest BCUT2D eigenvalue weighted by atomic mass is 10.0. The molecule has 1 unspecified atom stereocenters. The van der Waals surface area contributed by atoms with E-state index < -0.39 is 0 Å². The maximum atomic E-state index is 13.7. The molecule has 0 spiro atoms. The molecule has 0 radical (unpaired) electrons. The summed E-state index contributed by atoms with van der Waals surface area (Å²) in [7, 11) is 1.62. The quantitative estimate of drug-likeness (QED) is 0.773. The summed E-state index contributed by atoms with van der Waals surface area (Å²) in [5.41, 5.74) is 0.434. The van der Waals surface area contributed by atoms with Crippen LogP contribution in [0.2, 0.25) is 0 Å². The highest BCUT2D eigenvalue weighted by Gasteiger charge is 2.33. The van der Waals surface area contributed by atoms with Crippen LogP contribution in [-0.2, 0) is 4.74 Å². The molecule has 2 rings (SSSR count). The topological polar surface area (TPSA) is 21.3 Å². The number of nitrogens with one attached hydrogen (secondary N) is 1. The van der Waals surface area contributed by atoms with Crippen molar-refractivity contribution in [2.75, 3.05) is 20.3 Å². The minimum Gasteiger partial charge on any atom is -0.383 e. The Balaban J connectivity index is 2.11. The summed E-state index contributed by atoms with van der Waals surface area (Å²) < 4.78 is 31.8. The number of ether oxygens (including phenoxy) is 1. The predicted octanol–water partition coefficient (Wildman–Crippen LogP) is 2.65. The molecular weight excluding hydrogens is 224 g/mol. The summed E-state index contributed by atoms with van der Waals surface area (Å²) in [5.74, 6) is -0.308. The zero-order valence-corrected chi connectivity index (χ0v) is 9.88. The molecule has 1 atom stereocenters. The summed E-state index contributed by atoms with van der Waals surface area (Å²) in [6, 6.07) is 3.54. The number of rotatable bonds is 6. The SMILES string of the molecule is COCCNC(c1cc(F)ccc1F)C1CC1. The number of methoxy groups -OCH3 is 1. The van der Waals surface area contributed by atoms with Gasteiger partial charge >= 0.3 is 0 Å². The molecule has 0 aromatic heterocycles. The van der Waals surface area contributed by atoms with Crippen LogP contribution in [0.25, 0.3) is 0 Å². The van der Waals surface area contributed by atoms with Gasteiger partial charge in [-0.05, 0) is 37.0 Å². The van der Waals surface area contributed by atoms with Gasteiger partial charge in [0.15, 0.2) is 0 Å². The Morgan fingerprint density at radius 2 is 2.18 bits per heavy atom. The van der Waals surface area contributed by atoms with Crippen LogP contribution in [-0.4, -0.2) is 20.3 Å². The van der Waals surface area contributed by atoms with Gasteiger partial charge in [0.2, 0.25) is 0 Å². The Morgan fingerprint density at radius 1 is 1.41 bits per heavy atom. The van der Waals surface area contributed by atoms with Crippen LogP contribution in [0.1, 0.15) is 24.4 Å². The fraction of sp³-hybridized carbons (Fsp3) is 0.538. The maximum Gasteiger partial charge on any atom is 0.128 e. The lowest BCUT2D eigenvalue weighted by Crippen LogP contribution is -2.27. The van der Waals surface area contributed by atoms with Crippen molar-refractivity contribution in [1.82, 2.24) is 5.32 Å². The summed E-state index contributed by atoms with van der Waals surface area (Å²) in [6.45, 7) is 1.22. The molecule has 4 heteroatoms. The Bertz CT molecular complexity index is 380. The van der Waals surface area contributed by atoms with Gasteiger partial charge in [-0.1, -0.05) is 0 Å². The van der Waals surface area contributed by atoms with Gasteiger partial charge in [0.1, 0.15) is 11.6 Å². The Hall–Kier alpha value is -1.00. The normalized spacial score (nSPS) is 17.1. The first-order valence-electron chi connectivity index (χ1n) is 5.89. The average Bonchev–Trinajstić information content (AvgIpc) is 3.12. The van der Waals surface area contributed by atoms with Crippen molar-refractivity contribution in [3.05, 3.63) is 35.4 Å². The van der Waals surface area contributed by atoms with E-state index in [0.717, 1.165) is 18.9 Å². The lowest BCUT2D eigenvalue weighted by Gasteiger charge is -2.19. The van der Waals surface area contributed by atoms with Crippen molar-refractivity contribution >= 4 is 0 Å².